The first-order valence-corrected chi connectivity index (χ1v) is 4.91. The summed E-state index contributed by atoms with van der Waals surface area (Å²) in [5, 5.41) is 19.3. The average Bonchev–Trinajstić information content (AvgIpc) is 2.28. The first-order chi connectivity index (χ1) is 8.40. The maximum Gasteiger partial charge on any atom is 0.326 e. The molecule has 0 spiro atoms. The van der Waals surface area contributed by atoms with Gasteiger partial charge in [-0.15, -0.1) is 0 Å². The zero-order valence-electron chi connectivity index (χ0n) is 9.09. The van der Waals surface area contributed by atoms with Gasteiger partial charge in [0.25, 0.3) is 5.91 Å². The smallest absolute Gasteiger partial charge is 0.326 e. The summed E-state index contributed by atoms with van der Waals surface area (Å²) < 4.78 is 12.6. The molecule has 6 nitrogen and oxygen atoms in total. The summed E-state index contributed by atoms with van der Waals surface area (Å²) >= 11 is 0. The van der Waals surface area contributed by atoms with Crippen molar-refractivity contribution in [1.29, 1.82) is 0 Å². The van der Waals surface area contributed by atoms with Crippen LogP contribution in [0.1, 0.15) is 16.8 Å². The van der Waals surface area contributed by atoms with E-state index in [0.29, 0.717) is 0 Å². The number of carbonyl (C=O) groups excluding carboxylic acids is 1. The number of nitrogens with one attached hydrogen (secondary N) is 1. The van der Waals surface area contributed by atoms with E-state index in [1.807, 2.05) is 5.32 Å². The monoisotopic (exact) mass is 255 g/mol. The van der Waals surface area contributed by atoms with Crippen LogP contribution in [0.25, 0.3) is 0 Å². The second-order valence-corrected chi connectivity index (χ2v) is 3.47. The van der Waals surface area contributed by atoms with Gasteiger partial charge in [0.15, 0.2) is 0 Å². The number of carbonyl (C=O) groups is 3. The largest absolute Gasteiger partial charge is 0.481 e. The van der Waals surface area contributed by atoms with Crippen LogP contribution >= 0.6 is 0 Å². The summed E-state index contributed by atoms with van der Waals surface area (Å²) in [6.45, 7) is 0. The molecule has 3 N–H and O–H groups in total. The Hall–Kier alpha value is -2.44. The molecular weight excluding hydrogens is 245 g/mol. The van der Waals surface area contributed by atoms with Crippen LogP contribution < -0.4 is 5.32 Å². The van der Waals surface area contributed by atoms with Crippen molar-refractivity contribution in [2.75, 3.05) is 0 Å². The molecule has 1 atom stereocenters. The average molecular weight is 255 g/mol. The second-order valence-electron chi connectivity index (χ2n) is 3.47. The molecule has 0 saturated carbocycles. The van der Waals surface area contributed by atoms with Crippen LogP contribution in [0, 0.1) is 5.82 Å². The number of rotatable bonds is 5. The molecule has 0 aliphatic heterocycles. The van der Waals surface area contributed by atoms with Crippen molar-refractivity contribution in [3.05, 3.63) is 35.6 Å². The quantitative estimate of drug-likeness (QED) is 0.710. The van der Waals surface area contributed by atoms with Crippen molar-refractivity contribution < 1.29 is 29.0 Å². The number of aliphatic carboxylic acids is 2. The molecule has 1 aromatic rings. The Morgan fingerprint density at radius 2 is 1.72 bits per heavy atom. The number of hydrogen-bond acceptors (Lipinski definition) is 3. The molecule has 18 heavy (non-hydrogen) atoms. The fraction of sp³-hybridized carbons (Fsp3) is 0.182. The topological polar surface area (TPSA) is 104 Å². The van der Waals surface area contributed by atoms with Crippen LogP contribution in [0.2, 0.25) is 0 Å². The van der Waals surface area contributed by atoms with Crippen LogP contribution in [0.3, 0.4) is 0 Å². The summed E-state index contributed by atoms with van der Waals surface area (Å²) in [6.07, 6.45) is -0.734. The van der Waals surface area contributed by atoms with E-state index in [9.17, 15) is 18.8 Å². The second kappa shape index (κ2) is 5.76. The molecule has 0 aliphatic rings. The lowest BCUT2D eigenvalue weighted by Crippen LogP contribution is -2.42. The molecule has 0 saturated heterocycles. The van der Waals surface area contributed by atoms with E-state index in [1.54, 1.807) is 0 Å². The molecule has 7 heteroatoms. The maximum atomic E-state index is 12.6. The van der Waals surface area contributed by atoms with E-state index in [1.165, 1.54) is 12.1 Å². The summed E-state index contributed by atoms with van der Waals surface area (Å²) in [5.41, 5.74) is 0.0491. The Kier molecular flexibility index (Phi) is 4.36. The van der Waals surface area contributed by atoms with Gasteiger partial charge in [-0.1, -0.05) is 0 Å². The van der Waals surface area contributed by atoms with Crippen LogP contribution in [0.4, 0.5) is 4.39 Å². The molecule has 96 valence electrons. The van der Waals surface area contributed by atoms with Gasteiger partial charge in [0.2, 0.25) is 0 Å². The van der Waals surface area contributed by atoms with Gasteiger partial charge >= 0.3 is 11.9 Å². The number of carboxylic acid groups (broad SMARTS) is 2. The van der Waals surface area contributed by atoms with Crippen molar-refractivity contribution in [1.82, 2.24) is 5.32 Å². The van der Waals surface area contributed by atoms with E-state index >= 15 is 0 Å². The zero-order valence-corrected chi connectivity index (χ0v) is 9.09. The Morgan fingerprint density at radius 3 is 2.17 bits per heavy atom. The van der Waals surface area contributed by atoms with Gasteiger partial charge in [-0.3, -0.25) is 9.59 Å². The molecule has 0 radical (unpaired) electrons. The van der Waals surface area contributed by atoms with Crippen LogP contribution in [0.5, 0.6) is 0 Å². The first-order valence-electron chi connectivity index (χ1n) is 4.91. The summed E-state index contributed by atoms with van der Waals surface area (Å²) in [6, 6.07) is 2.90. The minimum Gasteiger partial charge on any atom is -0.481 e. The van der Waals surface area contributed by atoms with E-state index < -0.39 is 36.1 Å². The third kappa shape index (κ3) is 3.85. The van der Waals surface area contributed by atoms with E-state index in [2.05, 4.69) is 0 Å². The fourth-order valence-electron chi connectivity index (χ4n) is 1.22. The van der Waals surface area contributed by atoms with E-state index in [0.717, 1.165) is 12.1 Å². The molecule has 0 bridgehead atoms. The third-order valence-electron chi connectivity index (χ3n) is 2.09. The lowest BCUT2D eigenvalue weighted by molar-refractivity contribution is -0.145. The fourth-order valence-corrected chi connectivity index (χ4v) is 1.22. The predicted molar refractivity (Wildman–Crippen MR) is 57.5 cm³/mol. The normalized spacial score (nSPS) is 11.6. The van der Waals surface area contributed by atoms with Crippen molar-refractivity contribution in [3.63, 3.8) is 0 Å². The highest BCUT2D eigenvalue weighted by Crippen LogP contribution is 2.04. The van der Waals surface area contributed by atoms with Crippen LogP contribution in [-0.2, 0) is 9.59 Å². The van der Waals surface area contributed by atoms with Gasteiger partial charge < -0.3 is 15.5 Å². The molecule has 1 unspecified atom stereocenters. The lowest BCUT2D eigenvalue weighted by atomic mass is 10.1. The number of halogens is 1. The number of carboxylic acids is 2. The maximum absolute atomic E-state index is 12.6. The molecule has 1 amide bonds. The highest BCUT2D eigenvalue weighted by molar-refractivity contribution is 5.97. The Balaban J connectivity index is 2.75. The summed E-state index contributed by atoms with van der Waals surface area (Å²) in [5.74, 6) is -4.11. The highest BCUT2D eigenvalue weighted by Gasteiger charge is 2.23. The van der Waals surface area contributed by atoms with Crippen molar-refractivity contribution in [2.24, 2.45) is 0 Å². The first kappa shape index (κ1) is 13.6. The van der Waals surface area contributed by atoms with Gasteiger partial charge in [-0.05, 0) is 24.3 Å². The Labute approximate surface area is 101 Å². The van der Waals surface area contributed by atoms with Crippen LogP contribution in [-0.4, -0.2) is 34.1 Å². The molecule has 0 aromatic heterocycles. The van der Waals surface area contributed by atoms with Gasteiger partial charge in [0, 0.05) is 5.56 Å². The standard InChI is InChI=1S/C11H10FNO5/c12-7-3-1-6(2-4-7)10(16)13-8(11(17)18)5-9(14)15/h1-4,8H,5H2,(H,13,16)(H,14,15)(H,17,18). The van der Waals surface area contributed by atoms with Gasteiger partial charge in [0.1, 0.15) is 11.9 Å². The summed E-state index contributed by atoms with van der Waals surface area (Å²) in [4.78, 5) is 32.7. The third-order valence-corrected chi connectivity index (χ3v) is 2.09. The van der Waals surface area contributed by atoms with Crippen molar-refractivity contribution in [2.45, 2.75) is 12.5 Å². The minimum atomic E-state index is -1.53. The number of benzene rings is 1. The van der Waals surface area contributed by atoms with Gasteiger partial charge in [0.05, 0.1) is 6.42 Å². The Morgan fingerprint density at radius 1 is 1.17 bits per heavy atom. The number of hydrogen-bond donors (Lipinski definition) is 3. The van der Waals surface area contributed by atoms with Gasteiger partial charge in [-0.2, -0.15) is 0 Å². The van der Waals surface area contributed by atoms with E-state index in [4.69, 9.17) is 10.2 Å². The minimum absolute atomic E-state index is 0.0491. The molecular formula is C11H10FNO5. The molecule has 1 rings (SSSR count). The van der Waals surface area contributed by atoms with Crippen molar-refractivity contribution >= 4 is 17.8 Å². The molecule has 0 aliphatic carbocycles. The molecule has 0 fully saturated rings. The molecule has 1 aromatic carbocycles. The SMILES string of the molecule is O=C(O)CC(NC(=O)c1ccc(F)cc1)C(=O)O. The molecule has 0 heterocycles. The summed E-state index contributed by atoms with van der Waals surface area (Å²) in [7, 11) is 0. The van der Waals surface area contributed by atoms with Crippen LogP contribution in [0.15, 0.2) is 24.3 Å². The number of amides is 1. The zero-order chi connectivity index (χ0) is 13.7. The predicted octanol–water partition coefficient (Wildman–Crippen LogP) is 0.483. The highest BCUT2D eigenvalue weighted by atomic mass is 19.1. The van der Waals surface area contributed by atoms with E-state index in [-0.39, 0.29) is 5.56 Å². The Bertz CT molecular complexity index is 471. The van der Waals surface area contributed by atoms with Gasteiger partial charge in [-0.25, -0.2) is 9.18 Å². The van der Waals surface area contributed by atoms with Crippen molar-refractivity contribution in [3.8, 4) is 0 Å². The lowest BCUT2D eigenvalue weighted by Gasteiger charge is -2.12.